The number of aromatic nitrogens is 1. The number of esters is 1. The number of benzene rings is 1. The predicted molar refractivity (Wildman–Crippen MR) is 85.5 cm³/mol. The quantitative estimate of drug-likeness (QED) is 0.833. The predicted octanol–water partition coefficient (Wildman–Crippen LogP) is 2.33. The molecule has 1 unspecified atom stereocenters. The molecule has 1 atom stereocenters. The molecule has 5 nitrogen and oxygen atoms in total. The van der Waals surface area contributed by atoms with Crippen molar-refractivity contribution >= 4 is 22.8 Å². The Bertz CT molecular complexity index is 688. The number of methoxy groups -OCH3 is 1. The maximum Gasteiger partial charge on any atom is 0.328 e. The Morgan fingerprint density at radius 3 is 2.59 bits per heavy atom. The van der Waals surface area contributed by atoms with E-state index in [4.69, 9.17) is 4.74 Å². The minimum Gasteiger partial charge on any atom is -0.467 e. The first-order valence-corrected chi connectivity index (χ1v) is 7.37. The Labute approximate surface area is 130 Å². The maximum atomic E-state index is 12.3. The van der Waals surface area contributed by atoms with Crippen LogP contribution in [0.4, 0.5) is 0 Å². The van der Waals surface area contributed by atoms with E-state index >= 15 is 0 Å². The van der Waals surface area contributed by atoms with Crippen LogP contribution in [0, 0.1) is 12.8 Å². The monoisotopic (exact) mass is 302 g/mol. The van der Waals surface area contributed by atoms with E-state index in [-0.39, 0.29) is 18.2 Å². The second-order valence-corrected chi connectivity index (χ2v) is 5.76. The molecule has 2 rings (SSSR count). The summed E-state index contributed by atoms with van der Waals surface area (Å²) in [5.74, 6) is -0.628. The van der Waals surface area contributed by atoms with Gasteiger partial charge in [-0.05, 0) is 24.5 Å². The molecule has 0 aliphatic heterocycles. The number of amides is 1. The first kappa shape index (κ1) is 16.1. The zero-order chi connectivity index (χ0) is 16.3. The summed E-state index contributed by atoms with van der Waals surface area (Å²) in [6.07, 6.45) is 0.232. The summed E-state index contributed by atoms with van der Waals surface area (Å²) < 4.78 is 4.74. The summed E-state index contributed by atoms with van der Waals surface area (Å²) >= 11 is 0. The molecule has 0 spiro atoms. The van der Waals surface area contributed by atoms with E-state index in [9.17, 15) is 9.59 Å². The number of carbonyl (C=O) groups is 2. The molecule has 2 N–H and O–H groups in total. The minimum atomic E-state index is -0.622. The van der Waals surface area contributed by atoms with Gasteiger partial charge in [0.2, 0.25) is 5.91 Å². The molecule has 0 aliphatic carbocycles. The topological polar surface area (TPSA) is 71.2 Å². The number of fused-ring (bicyclic) bond motifs is 1. The number of H-pyrrole nitrogens is 1. The summed E-state index contributed by atoms with van der Waals surface area (Å²) in [6, 6.07) is 7.25. The number of aromatic amines is 1. The lowest BCUT2D eigenvalue weighted by Gasteiger charge is -2.19. The molecule has 0 saturated heterocycles. The number of aryl methyl sites for hydroxylation is 1. The van der Waals surface area contributed by atoms with Gasteiger partial charge in [-0.1, -0.05) is 32.0 Å². The first-order valence-electron chi connectivity index (χ1n) is 7.37. The number of carbonyl (C=O) groups excluding carboxylic acids is 2. The third kappa shape index (κ3) is 3.30. The Kier molecular flexibility index (Phi) is 4.85. The lowest BCUT2D eigenvalue weighted by molar-refractivity contribution is -0.146. The average Bonchev–Trinajstić information content (AvgIpc) is 2.80. The molecule has 1 aromatic heterocycles. The highest BCUT2D eigenvalue weighted by Crippen LogP contribution is 2.22. The molecular formula is C17H22N2O3. The average molecular weight is 302 g/mol. The number of para-hydroxylation sites is 1. The van der Waals surface area contributed by atoms with Crippen LogP contribution in [-0.2, 0) is 20.7 Å². The molecule has 0 radical (unpaired) electrons. The van der Waals surface area contributed by atoms with Gasteiger partial charge in [0.25, 0.3) is 0 Å². The summed E-state index contributed by atoms with van der Waals surface area (Å²) in [6.45, 7) is 5.69. The van der Waals surface area contributed by atoms with Gasteiger partial charge in [-0.3, -0.25) is 4.79 Å². The molecule has 1 amide bonds. The zero-order valence-corrected chi connectivity index (χ0v) is 13.4. The Morgan fingerprint density at radius 2 is 1.95 bits per heavy atom. The molecule has 0 saturated carbocycles. The minimum absolute atomic E-state index is 0.0273. The molecule has 1 heterocycles. The number of hydrogen-bond acceptors (Lipinski definition) is 3. The molecule has 0 aliphatic rings. The molecule has 1 aromatic carbocycles. The Hall–Kier alpha value is -2.30. The molecule has 5 heteroatoms. The number of rotatable bonds is 5. The van der Waals surface area contributed by atoms with Crippen molar-refractivity contribution in [2.75, 3.05) is 7.11 Å². The number of nitrogens with one attached hydrogen (secondary N) is 2. The fourth-order valence-electron chi connectivity index (χ4n) is 2.57. The highest BCUT2D eigenvalue weighted by atomic mass is 16.5. The maximum absolute atomic E-state index is 12.3. The molecule has 22 heavy (non-hydrogen) atoms. The van der Waals surface area contributed by atoms with Crippen molar-refractivity contribution in [2.24, 2.45) is 5.92 Å². The number of hydrogen-bond donors (Lipinski definition) is 2. The van der Waals surface area contributed by atoms with E-state index in [1.165, 1.54) is 7.11 Å². The summed E-state index contributed by atoms with van der Waals surface area (Å²) in [5.41, 5.74) is 2.94. The second-order valence-electron chi connectivity index (χ2n) is 5.76. The van der Waals surface area contributed by atoms with Gasteiger partial charge in [0.15, 0.2) is 0 Å². The fraction of sp³-hybridized carbons (Fsp3) is 0.412. The Balaban J connectivity index is 2.17. The van der Waals surface area contributed by atoms with Crippen molar-refractivity contribution in [3.05, 3.63) is 35.5 Å². The SMILES string of the molecule is COC(=O)C(NC(=O)Cc1c(C)[nH]c2ccccc12)C(C)C. The molecular weight excluding hydrogens is 280 g/mol. The van der Waals surface area contributed by atoms with Crippen molar-refractivity contribution in [3.63, 3.8) is 0 Å². The third-order valence-electron chi connectivity index (χ3n) is 3.80. The van der Waals surface area contributed by atoms with Crippen LogP contribution in [0.2, 0.25) is 0 Å². The summed E-state index contributed by atoms with van der Waals surface area (Å²) in [5, 5.41) is 3.81. The standard InChI is InChI=1S/C17H22N2O3/c1-10(2)16(17(21)22-4)19-15(20)9-13-11(3)18-14-8-6-5-7-12(13)14/h5-8,10,16,18H,9H2,1-4H3,(H,19,20). The largest absolute Gasteiger partial charge is 0.467 e. The van der Waals surface area contributed by atoms with Gasteiger partial charge in [-0.15, -0.1) is 0 Å². The van der Waals surface area contributed by atoms with Crippen molar-refractivity contribution < 1.29 is 14.3 Å². The van der Waals surface area contributed by atoms with Gasteiger partial charge in [-0.25, -0.2) is 4.79 Å². The normalized spacial score (nSPS) is 12.4. The molecule has 0 bridgehead atoms. The van der Waals surface area contributed by atoms with Gasteiger partial charge in [0.05, 0.1) is 13.5 Å². The van der Waals surface area contributed by atoms with Crippen molar-refractivity contribution in [1.29, 1.82) is 0 Å². The van der Waals surface area contributed by atoms with E-state index in [0.717, 1.165) is 22.2 Å². The van der Waals surface area contributed by atoms with Gasteiger partial charge in [-0.2, -0.15) is 0 Å². The van der Waals surface area contributed by atoms with E-state index in [0.29, 0.717) is 0 Å². The highest BCUT2D eigenvalue weighted by molar-refractivity contribution is 5.91. The summed E-state index contributed by atoms with van der Waals surface area (Å²) in [7, 11) is 1.33. The van der Waals surface area contributed by atoms with E-state index in [1.807, 2.05) is 45.0 Å². The zero-order valence-electron chi connectivity index (χ0n) is 13.4. The van der Waals surface area contributed by atoms with Crippen LogP contribution in [0.25, 0.3) is 10.9 Å². The van der Waals surface area contributed by atoms with E-state index < -0.39 is 12.0 Å². The van der Waals surface area contributed by atoms with Crippen molar-refractivity contribution in [2.45, 2.75) is 33.2 Å². The van der Waals surface area contributed by atoms with E-state index in [1.54, 1.807) is 0 Å². The lowest BCUT2D eigenvalue weighted by Crippen LogP contribution is -2.45. The highest BCUT2D eigenvalue weighted by Gasteiger charge is 2.25. The molecule has 118 valence electrons. The van der Waals surface area contributed by atoms with Crippen molar-refractivity contribution in [3.8, 4) is 0 Å². The fourth-order valence-corrected chi connectivity index (χ4v) is 2.57. The lowest BCUT2D eigenvalue weighted by atomic mass is 10.0. The van der Waals surface area contributed by atoms with Gasteiger partial charge >= 0.3 is 5.97 Å². The van der Waals surface area contributed by atoms with Crippen LogP contribution < -0.4 is 5.32 Å². The first-order chi connectivity index (χ1) is 10.4. The summed E-state index contributed by atoms with van der Waals surface area (Å²) in [4.78, 5) is 27.3. The molecule has 2 aromatic rings. The van der Waals surface area contributed by atoms with Crippen LogP contribution in [0.5, 0.6) is 0 Å². The van der Waals surface area contributed by atoms with Crippen LogP contribution >= 0.6 is 0 Å². The van der Waals surface area contributed by atoms with Crippen LogP contribution in [0.1, 0.15) is 25.1 Å². The van der Waals surface area contributed by atoms with Crippen LogP contribution in [0.15, 0.2) is 24.3 Å². The van der Waals surface area contributed by atoms with Gasteiger partial charge < -0.3 is 15.0 Å². The van der Waals surface area contributed by atoms with Crippen molar-refractivity contribution in [1.82, 2.24) is 10.3 Å². The van der Waals surface area contributed by atoms with E-state index in [2.05, 4.69) is 10.3 Å². The van der Waals surface area contributed by atoms with Gasteiger partial charge in [0, 0.05) is 16.6 Å². The third-order valence-corrected chi connectivity index (χ3v) is 3.80. The number of ether oxygens (including phenoxy) is 1. The second kappa shape index (κ2) is 6.64. The van der Waals surface area contributed by atoms with Gasteiger partial charge in [0.1, 0.15) is 6.04 Å². The van der Waals surface area contributed by atoms with Crippen LogP contribution in [-0.4, -0.2) is 30.0 Å². The van der Waals surface area contributed by atoms with Crippen LogP contribution in [0.3, 0.4) is 0 Å². The smallest absolute Gasteiger partial charge is 0.328 e. The molecule has 0 fully saturated rings. The Morgan fingerprint density at radius 1 is 1.27 bits per heavy atom.